The molecule has 4 aromatic rings. The number of benzene rings is 2. The summed E-state index contributed by atoms with van der Waals surface area (Å²) in [6.45, 7) is 7.69. The zero-order valence-corrected chi connectivity index (χ0v) is 20.0. The van der Waals surface area contributed by atoms with Crippen LogP contribution in [-0.2, 0) is 15.8 Å². The predicted molar refractivity (Wildman–Crippen MR) is 127 cm³/mol. The fourth-order valence-electron chi connectivity index (χ4n) is 3.40. The van der Waals surface area contributed by atoms with Crippen molar-refractivity contribution in [2.24, 2.45) is 0 Å². The van der Waals surface area contributed by atoms with E-state index in [-0.39, 0.29) is 5.75 Å². The molecule has 0 unspecified atom stereocenters. The molecule has 2 aromatic heterocycles. The molecule has 2 heterocycles. The number of nitrogens with zero attached hydrogens (tertiary/aromatic N) is 4. The third-order valence-corrected chi connectivity index (χ3v) is 6.53. The second-order valence-electron chi connectivity index (χ2n) is 7.94. The molecule has 0 aliphatic carbocycles. The quantitative estimate of drug-likeness (QED) is 0.408. The van der Waals surface area contributed by atoms with Gasteiger partial charge in [0.25, 0.3) is 0 Å². The normalized spacial score (nSPS) is 11.4. The van der Waals surface area contributed by atoms with Crippen LogP contribution in [-0.4, -0.2) is 28.2 Å². The molecule has 0 amide bonds. The zero-order valence-electron chi connectivity index (χ0n) is 19.2. The lowest BCUT2D eigenvalue weighted by molar-refractivity contribution is 0.459. The number of halogens is 1. The van der Waals surface area contributed by atoms with Crippen LogP contribution in [0, 0.1) is 33.5 Å². The van der Waals surface area contributed by atoms with E-state index in [4.69, 9.17) is 4.74 Å². The van der Waals surface area contributed by atoms with Gasteiger partial charge in [0.2, 0.25) is 15.9 Å². The monoisotopic (exact) mass is 481 g/mol. The Hall–Kier alpha value is -3.79. The average molecular weight is 482 g/mol. The molecule has 0 spiro atoms. The summed E-state index contributed by atoms with van der Waals surface area (Å²) >= 11 is 0. The van der Waals surface area contributed by atoms with E-state index in [1.807, 2.05) is 20.8 Å². The molecular weight excluding hydrogens is 457 g/mol. The first kappa shape index (κ1) is 23.4. The molecule has 4 rings (SSSR count). The maximum Gasteiger partial charge on any atom is 0.236 e. The molecule has 0 atom stereocenters. The van der Waals surface area contributed by atoms with Crippen LogP contribution in [0.15, 0.2) is 54.6 Å². The molecular formula is C24H24FN5O3S. The maximum absolute atomic E-state index is 13.3. The highest BCUT2D eigenvalue weighted by Gasteiger charge is 2.14. The van der Waals surface area contributed by atoms with Gasteiger partial charge in [0.05, 0.1) is 11.4 Å². The summed E-state index contributed by atoms with van der Waals surface area (Å²) in [5.41, 5.74) is 3.72. The van der Waals surface area contributed by atoms with Crippen LogP contribution in [0.25, 0.3) is 5.82 Å². The Labute approximate surface area is 197 Å². The van der Waals surface area contributed by atoms with Crippen molar-refractivity contribution in [2.75, 3.05) is 4.72 Å². The molecule has 0 aliphatic rings. The van der Waals surface area contributed by atoms with Gasteiger partial charge in [0.1, 0.15) is 17.4 Å². The number of hydrogen-bond donors (Lipinski definition) is 1. The van der Waals surface area contributed by atoms with Gasteiger partial charge in [-0.15, -0.1) is 0 Å². The van der Waals surface area contributed by atoms with E-state index < -0.39 is 15.8 Å². The van der Waals surface area contributed by atoms with Gasteiger partial charge in [-0.1, -0.05) is 12.1 Å². The molecule has 0 radical (unpaired) electrons. The number of ether oxygens (including phenoxy) is 1. The van der Waals surface area contributed by atoms with Crippen LogP contribution in [0.2, 0.25) is 0 Å². The number of anilines is 1. The smallest absolute Gasteiger partial charge is 0.236 e. The summed E-state index contributed by atoms with van der Waals surface area (Å²) in [5.74, 6) is 1.12. The average Bonchev–Trinajstić information content (AvgIpc) is 3.01. The summed E-state index contributed by atoms with van der Waals surface area (Å²) in [6, 6.07) is 13.6. The highest BCUT2D eigenvalue weighted by Crippen LogP contribution is 2.25. The lowest BCUT2D eigenvalue weighted by atomic mass is 10.2. The van der Waals surface area contributed by atoms with Crippen molar-refractivity contribution in [3.05, 3.63) is 88.8 Å². The van der Waals surface area contributed by atoms with E-state index in [0.717, 1.165) is 17.0 Å². The Morgan fingerprint density at radius 2 is 1.74 bits per heavy atom. The van der Waals surface area contributed by atoms with Crippen molar-refractivity contribution in [3.63, 3.8) is 0 Å². The highest BCUT2D eigenvalue weighted by molar-refractivity contribution is 7.91. The molecule has 0 aliphatic heterocycles. The summed E-state index contributed by atoms with van der Waals surface area (Å²) in [5, 5.41) is 4.53. The van der Waals surface area contributed by atoms with E-state index in [1.165, 1.54) is 18.2 Å². The number of sulfonamides is 1. The maximum atomic E-state index is 13.3. The van der Waals surface area contributed by atoms with Gasteiger partial charge < -0.3 is 4.74 Å². The van der Waals surface area contributed by atoms with Crippen LogP contribution in [0.1, 0.15) is 28.3 Å². The Kier molecular flexibility index (Phi) is 6.34. The van der Waals surface area contributed by atoms with Crippen molar-refractivity contribution in [3.8, 4) is 17.4 Å². The molecule has 8 nitrogen and oxygen atoms in total. The molecule has 1 N–H and O–H groups in total. The molecule has 0 fully saturated rings. The van der Waals surface area contributed by atoms with Crippen molar-refractivity contribution < 1.29 is 17.5 Å². The summed E-state index contributed by atoms with van der Waals surface area (Å²) < 4.78 is 48.3. The molecule has 0 saturated carbocycles. The van der Waals surface area contributed by atoms with E-state index in [0.29, 0.717) is 34.5 Å². The van der Waals surface area contributed by atoms with Crippen LogP contribution in [0.5, 0.6) is 11.6 Å². The highest BCUT2D eigenvalue weighted by atomic mass is 32.2. The number of aromatic nitrogens is 4. The Morgan fingerprint density at radius 3 is 2.38 bits per heavy atom. The lowest BCUT2D eigenvalue weighted by Crippen LogP contribution is -2.15. The first-order valence-electron chi connectivity index (χ1n) is 10.5. The molecule has 176 valence electrons. The van der Waals surface area contributed by atoms with E-state index in [2.05, 4.69) is 19.8 Å². The van der Waals surface area contributed by atoms with Gasteiger partial charge in [-0.25, -0.2) is 22.5 Å². The van der Waals surface area contributed by atoms with Crippen molar-refractivity contribution in [1.82, 2.24) is 19.7 Å². The van der Waals surface area contributed by atoms with Crippen LogP contribution in [0.3, 0.4) is 0 Å². The topological polar surface area (TPSA) is 99.0 Å². The second kappa shape index (κ2) is 9.22. The first-order chi connectivity index (χ1) is 16.1. The molecule has 0 saturated heterocycles. The van der Waals surface area contributed by atoms with E-state index in [9.17, 15) is 12.8 Å². The molecule has 34 heavy (non-hydrogen) atoms. The van der Waals surface area contributed by atoms with Crippen molar-refractivity contribution in [1.29, 1.82) is 0 Å². The first-order valence-corrected chi connectivity index (χ1v) is 12.2. The van der Waals surface area contributed by atoms with Gasteiger partial charge in [0.15, 0.2) is 5.82 Å². The zero-order chi connectivity index (χ0) is 24.5. The Morgan fingerprint density at radius 1 is 1.00 bits per heavy atom. The van der Waals surface area contributed by atoms with Crippen LogP contribution >= 0.6 is 0 Å². The summed E-state index contributed by atoms with van der Waals surface area (Å²) in [7, 11) is -3.71. The minimum atomic E-state index is -3.71. The van der Waals surface area contributed by atoms with Gasteiger partial charge >= 0.3 is 0 Å². The second-order valence-corrected chi connectivity index (χ2v) is 9.66. The summed E-state index contributed by atoms with van der Waals surface area (Å²) in [6.07, 6.45) is 0. The molecule has 0 bridgehead atoms. The number of rotatable bonds is 7. The minimum Gasteiger partial charge on any atom is -0.439 e. The molecule has 10 heteroatoms. The van der Waals surface area contributed by atoms with E-state index in [1.54, 1.807) is 48.0 Å². The van der Waals surface area contributed by atoms with Crippen molar-refractivity contribution >= 4 is 15.7 Å². The van der Waals surface area contributed by atoms with E-state index >= 15 is 0 Å². The van der Waals surface area contributed by atoms with Crippen LogP contribution < -0.4 is 9.46 Å². The van der Waals surface area contributed by atoms with Gasteiger partial charge in [-0.3, -0.25) is 4.72 Å². The fraction of sp³-hybridized carbons (Fsp3) is 0.208. The SMILES string of the molecule is Cc1nc(Oc2ccc(NS(=O)(=O)Cc3cccc(F)c3)cc2)cc(-n2nc(C)c(C)c2C)n1. The number of hydrogen-bond acceptors (Lipinski definition) is 6. The Balaban J connectivity index is 1.48. The third-order valence-electron chi connectivity index (χ3n) is 5.27. The van der Waals surface area contributed by atoms with Gasteiger partial charge in [0, 0.05) is 17.4 Å². The number of nitrogens with one attached hydrogen (secondary N) is 1. The standard InChI is InChI=1S/C24H24FN5O3S/c1-15-16(2)28-30(17(15)3)23-13-24(27-18(4)26-23)33-22-10-8-21(9-11-22)29-34(31,32)14-19-6-5-7-20(25)12-19/h5-13,29H,14H2,1-4H3. The van der Waals surface area contributed by atoms with Gasteiger partial charge in [-0.2, -0.15) is 10.1 Å². The fourth-order valence-corrected chi connectivity index (χ4v) is 4.59. The Bertz CT molecular complexity index is 1450. The van der Waals surface area contributed by atoms with Crippen LogP contribution in [0.4, 0.5) is 10.1 Å². The number of aryl methyl sites for hydroxylation is 2. The summed E-state index contributed by atoms with van der Waals surface area (Å²) in [4.78, 5) is 8.80. The predicted octanol–water partition coefficient (Wildman–Crippen LogP) is 4.77. The minimum absolute atomic E-state index is 0.336. The lowest BCUT2D eigenvalue weighted by Gasteiger charge is -2.11. The van der Waals surface area contributed by atoms with Gasteiger partial charge in [-0.05, 0) is 75.2 Å². The molecule has 2 aromatic carbocycles. The largest absolute Gasteiger partial charge is 0.439 e. The third kappa shape index (κ3) is 5.40. The van der Waals surface area contributed by atoms with Crippen molar-refractivity contribution in [2.45, 2.75) is 33.4 Å².